The van der Waals surface area contributed by atoms with Gasteiger partial charge in [-0.1, -0.05) is 32.5 Å². The van der Waals surface area contributed by atoms with Crippen LogP contribution in [0.4, 0.5) is 4.39 Å². The number of aromatic nitrogens is 5. The van der Waals surface area contributed by atoms with Crippen LogP contribution in [0.5, 0.6) is 0 Å². The van der Waals surface area contributed by atoms with Gasteiger partial charge in [0.15, 0.2) is 0 Å². The largest absolute Gasteiger partial charge is 0.360 e. The number of amides is 1. The molecule has 190 valence electrons. The molecule has 0 radical (unpaired) electrons. The number of ether oxygens (including phenoxy) is 1. The average molecular weight is 509 g/mol. The number of imidazole rings is 1. The predicted octanol–water partition coefficient (Wildman–Crippen LogP) is 5.21. The maximum absolute atomic E-state index is 14.0. The first-order valence-corrected chi connectivity index (χ1v) is 16.4. The molecule has 5 rings (SSSR count). The zero-order valence-electron chi connectivity index (χ0n) is 21.2. The highest BCUT2D eigenvalue weighted by atomic mass is 28.3. The number of nitrogens with zero attached hydrogens (tertiary/aromatic N) is 6. The maximum Gasteiger partial charge on any atom is 0.272 e. The minimum atomic E-state index is -1.23. The number of rotatable bonds is 7. The standard InChI is InChI=1S/C26H33FN6O2Si/c1-36(2,3)13-12-35-18-33-22-14-21(26(34)31-10-6-4-5-7-11-31)28-15-20(22)25(30-33)23-16-29-24-9-8-19(27)17-32(23)24/h8-9,14-17H,4-7,10-13,18H2,1-3H3. The summed E-state index contributed by atoms with van der Waals surface area (Å²) in [5.41, 5.74) is 3.07. The Kier molecular flexibility index (Phi) is 6.89. The Morgan fingerprint density at radius 3 is 2.61 bits per heavy atom. The monoisotopic (exact) mass is 508 g/mol. The van der Waals surface area contributed by atoms with E-state index in [1.165, 1.54) is 12.3 Å². The van der Waals surface area contributed by atoms with E-state index < -0.39 is 8.07 Å². The molecule has 0 bridgehead atoms. The van der Waals surface area contributed by atoms with Gasteiger partial charge in [0.1, 0.15) is 29.6 Å². The summed E-state index contributed by atoms with van der Waals surface area (Å²) in [6.07, 6.45) is 9.13. The Labute approximate surface area is 211 Å². The van der Waals surface area contributed by atoms with Crippen molar-refractivity contribution in [1.29, 1.82) is 0 Å². The van der Waals surface area contributed by atoms with Crippen LogP contribution in [0.1, 0.15) is 36.2 Å². The highest BCUT2D eigenvalue weighted by molar-refractivity contribution is 6.76. The van der Waals surface area contributed by atoms with Crippen LogP contribution in [0, 0.1) is 5.82 Å². The highest BCUT2D eigenvalue weighted by Crippen LogP contribution is 2.29. The molecule has 0 unspecified atom stereocenters. The van der Waals surface area contributed by atoms with E-state index in [0.717, 1.165) is 55.7 Å². The van der Waals surface area contributed by atoms with Crippen molar-refractivity contribution >= 4 is 30.5 Å². The lowest BCUT2D eigenvalue weighted by molar-refractivity contribution is 0.0754. The Bertz CT molecular complexity index is 1380. The fourth-order valence-electron chi connectivity index (χ4n) is 4.57. The highest BCUT2D eigenvalue weighted by Gasteiger charge is 2.22. The molecule has 1 saturated heterocycles. The minimum absolute atomic E-state index is 0.0513. The molecule has 5 heterocycles. The van der Waals surface area contributed by atoms with E-state index in [9.17, 15) is 9.18 Å². The quantitative estimate of drug-likeness (QED) is 0.253. The third-order valence-corrected chi connectivity index (χ3v) is 8.37. The summed E-state index contributed by atoms with van der Waals surface area (Å²) >= 11 is 0. The molecule has 4 aromatic heterocycles. The van der Waals surface area contributed by atoms with Gasteiger partial charge in [-0.3, -0.25) is 14.2 Å². The molecular weight excluding hydrogens is 475 g/mol. The van der Waals surface area contributed by atoms with Crippen LogP contribution in [-0.2, 0) is 11.5 Å². The number of fused-ring (bicyclic) bond motifs is 2. The van der Waals surface area contributed by atoms with Gasteiger partial charge in [-0.15, -0.1) is 0 Å². The lowest BCUT2D eigenvalue weighted by atomic mass is 10.2. The van der Waals surface area contributed by atoms with Gasteiger partial charge in [0.25, 0.3) is 5.91 Å². The van der Waals surface area contributed by atoms with E-state index in [0.29, 0.717) is 29.3 Å². The lowest BCUT2D eigenvalue weighted by Gasteiger charge is -2.19. The molecule has 36 heavy (non-hydrogen) atoms. The molecule has 0 saturated carbocycles. The van der Waals surface area contributed by atoms with Crippen LogP contribution in [0.3, 0.4) is 0 Å². The molecular formula is C26H33FN6O2Si. The molecule has 0 N–H and O–H groups in total. The van der Waals surface area contributed by atoms with Gasteiger partial charge in [-0.25, -0.2) is 14.1 Å². The number of hydrogen-bond acceptors (Lipinski definition) is 5. The summed E-state index contributed by atoms with van der Waals surface area (Å²) in [6, 6.07) is 5.88. The topological polar surface area (TPSA) is 77.5 Å². The Balaban J connectivity index is 1.53. The maximum atomic E-state index is 14.0. The van der Waals surface area contributed by atoms with Crippen LogP contribution in [0.25, 0.3) is 27.9 Å². The van der Waals surface area contributed by atoms with Gasteiger partial charge < -0.3 is 9.64 Å². The predicted molar refractivity (Wildman–Crippen MR) is 140 cm³/mol. The van der Waals surface area contributed by atoms with E-state index in [1.807, 2.05) is 11.0 Å². The molecule has 1 amide bonds. The zero-order chi connectivity index (χ0) is 25.3. The first-order chi connectivity index (χ1) is 17.3. The fraction of sp³-hybridized carbons (Fsp3) is 0.462. The Hall–Kier alpha value is -3.11. The first-order valence-electron chi connectivity index (χ1n) is 12.7. The molecule has 0 aromatic carbocycles. The summed E-state index contributed by atoms with van der Waals surface area (Å²) in [5.74, 6) is -0.409. The average Bonchev–Trinajstić information content (AvgIpc) is 3.29. The van der Waals surface area contributed by atoms with E-state index in [4.69, 9.17) is 9.84 Å². The number of halogens is 1. The molecule has 10 heteroatoms. The Morgan fingerprint density at radius 2 is 1.86 bits per heavy atom. The van der Waals surface area contributed by atoms with E-state index in [-0.39, 0.29) is 18.5 Å². The van der Waals surface area contributed by atoms with Crippen molar-refractivity contribution in [2.24, 2.45) is 0 Å². The van der Waals surface area contributed by atoms with Crippen LogP contribution >= 0.6 is 0 Å². The molecule has 4 aromatic rings. The number of pyridine rings is 2. The minimum Gasteiger partial charge on any atom is -0.360 e. The van der Waals surface area contributed by atoms with E-state index in [2.05, 4.69) is 29.6 Å². The number of carbonyl (C=O) groups excluding carboxylic acids is 1. The third kappa shape index (κ3) is 5.19. The summed E-state index contributed by atoms with van der Waals surface area (Å²) in [6.45, 7) is 9.37. The van der Waals surface area contributed by atoms with E-state index >= 15 is 0 Å². The molecule has 8 nitrogen and oxygen atoms in total. The normalized spacial score (nSPS) is 15.1. The summed E-state index contributed by atoms with van der Waals surface area (Å²) in [4.78, 5) is 24.1. The molecule has 1 aliphatic rings. The van der Waals surface area contributed by atoms with Crippen LogP contribution in [-0.4, -0.2) is 62.7 Å². The van der Waals surface area contributed by atoms with Crippen LogP contribution < -0.4 is 0 Å². The molecule has 0 spiro atoms. The number of likely N-dealkylation sites (tertiary alicyclic amines) is 1. The number of hydrogen-bond donors (Lipinski definition) is 0. The zero-order valence-corrected chi connectivity index (χ0v) is 22.2. The molecule has 1 fully saturated rings. The van der Waals surface area contributed by atoms with Crippen molar-refractivity contribution in [3.63, 3.8) is 0 Å². The van der Waals surface area contributed by atoms with Crippen molar-refractivity contribution in [2.75, 3.05) is 19.7 Å². The van der Waals surface area contributed by atoms with Crippen molar-refractivity contribution in [3.8, 4) is 11.4 Å². The van der Waals surface area contributed by atoms with Crippen molar-refractivity contribution in [2.45, 2.75) is 58.1 Å². The second-order valence-electron chi connectivity index (χ2n) is 10.7. The van der Waals surface area contributed by atoms with Crippen LogP contribution in [0.2, 0.25) is 25.7 Å². The van der Waals surface area contributed by atoms with Gasteiger partial charge in [0.05, 0.1) is 17.4 Å². The summed E-state index contributed by atoms with van der Waals surface area (Å²) in [7, 11) is -1.23. The summed E-state index contributed by atoms with van der Waals surface area (Å²) in [5, 5.41) is 5.59. The fourth-order valence-corrected chi connectivity index (χ4v) is 5.33. The Morgan fingerprint density at radius 1 is 1.08 bits per heavy atom. The lowest BCUT2D eigenvalue weighted by Crippen LogP contribution is -2.32. The summed E-state index contributed by atoms with van der Waals surface area (Å²) < 4.78 is 23.5. The van der Waals surface area contributed by atoms with Gasteiger partial charge >= 0.3 is 0 Å². The van der Waals surface area contributed by atoms with Crippen molar-refractivity contribution in [1.82, 2.24) is 29.0 Å². The number of carbonyl (C=O) groups is 1. The van der Waals surface area contributed by atoms with Gasteiger partial charge in [0, 0.05) is 45.6 Å². The third-order valence-electron chi connectivity index (χ3n) is 6.67. The SMILES string of the molecule is C[Si](C)(C)CCOCn1nc(-c2cnc3ccc(F)cn23)c2cnc(C(=O)N3CCCCCC3)cc21. The second-order valence-corrected chi connectivity index (χ2v) is 16.3. The first kappa shape index (κ1) is 24.6. The molecule has 0 atom stereocenters. The smallest absolute Gasteiger partial charge is 0.272 e. The van der Waals surface area contributed by atoms with Crippen molar-refractivity contribution < 1.29 is 13.9 Å². The van der Waals surface area contributed by atoms with Crippen molar-refractivity contribution in [3.05, 3.63) is 48.3 Å². The van der Waals surface area contributed by atoms with Crippen LogP contribution in [0.15, 0.2) is 36.8 Å². The van der Waals surface area contributed by atoms with Gasteiger partial charge in [-0.05, 0) is 37.1 Å². The van der Waals surface area contributed by atoms with E-state index in [1.54, 1.807) is 27.5 Å². The molecule has 1 aliphatic heterocycles. The van der Waals surface area contributed by atoms with Gasteiger partial charge in [-0.2, -0.15) is 5.10 Å². The molecule has 0 aliphatic carbocycles. The van der Waals surface area contributed by atoms with Gasteiger partial charge in [0.2, 0.25) is 0 Å². The second kappa shape index (κ2) is 10.1.